The van der Waals surface area contributed by atoms with E-state index in [4.69, 9.17) is 4.74 Å². The van der Waals surface area contributed by atoms with Crippen molar-refractivity contribution < 1.29 is 14.3 Å². The summed E-state index contributed by atoms with van der Waals surface area (Å²) in [7, 11) is 3.50. The van der Waals surface area contributed by atoms with Gasteiger partial charge in [-0.25, -0.2) is 4.79 Å². The SMILES string of the molecule is CCOc1cccc([C@H](C)NC(=O)C2CCN(C(=O)N(C)C)CC2)c1. The Bertz CT molecular complexity index is 595. The number of likely N-dealkylation sites (tertiary alicyclic amines) is 1. The second-order valence-corrected chi connectivity index (χ2v) is 6.67. The zero-order valence-electron chi connectivity index (χ0n) is 15.6. The van der Waals surface area contributed by atoms with Crippen molar-refractivity contribution in [2.45, 2.75) is 32.7 Å². The molecule has 2 rings (SSSR count). The lowest BCUT2D eigenvalue weighted by atomic mass is 9.95. The van der Waals surface area contributed by atoms with Crippen LogP contribution in [0.3, 0.4) is 0 Å². The fraction of sp³-hybridized carbons (Fsp3) is 0.579. The lowest BCUT2D eigenvalue weighted by Gasteiger charge is -2.33. The maximum Gasteiger partial charge on any atom is 0.319 e. The number of urea groups is 1. The number of hydrogen-bond donors (Lipinski definition) is 1. The smallest absolute Gasteiger partial charge is 0.319 e. The van der Waals surface area contributed by atoms with Crippen molar-refractivity contribution in [2.75, 3.05) is 33.8 Å². The number of ether oxygens (including phenoxy) is 1. The Morgan fingerprint density at radius 3 is 2.60 bits per heavy atom. The van der Waals surface area contributed by atoms with E-state index in [1.165, 1.54) is 0 Å². The molecule has 0 bridgehead atoms. The second kappa shape index (κ2) is 8.74. The summed E-state index contributed by atoms with van der Waals surface area (Å²) < 4.78 is 5.52. The first-order chi connectivity index (χ1) is 11.9. The third kappa shape index (κ3) is 5.11. The fourth-order valence-electron chi connectivity index (χ4n) is 3.07. The molecule has 0 aromatic heterocycles. The molecule has 1 saturated heterocycles. The number of benzene rings is 1. The normalized spacial score (nSPS) is 16.2. The highest BCUT2D eigenvalue weighted by atomic mass is 16.5. The number of amides is 3. The van der Waals surface area contributed by atoms with Gasteiger partial charge in [-0.1, -0.05) is 12.1 Å². The Labute approximate surface area is 150 Å². The van der Waals surface area contributed by atoms with Crippen LogP contribution in [0.2, 0.25) is 0 Å². The summed E-state index contributed by atoms with van der Waals surface area (Å²) in [6.07, 6.45) is 1.41. The van der Waals surface area contributed by atoms with Crippen LogP contribution < -0.4 is 10.1 Å². The third-order valence-electron chi connectivity index (χ3n) is 4.55. The summed E-state index contributed by atoms with van der Waals surface area (Å²) in [6, 6.07) is 7.75. The van der Waals surface area contributed by atoms with E-state index in [2.05, 4.69) is 5.32 Å². The van der Waals surface area contributed by atoms with E-state index in [1.54, 1.807) is 23.9 Å². The molecule has 1 aliphatic rings. The van der Waals surface area contributed by atoms with E-state index < -0.39 is 0 Å². The van der Waals surface area contributed by atoms with E-state index in [-0.39, 0.29) is 23.9 Å². The highest BCUT2D eigenvalue weighted by Crippen LogP contribution is 2.22. The highest BCUT2D eigenvalue weighted by molar-refractivity contribution is 5.80. The molecular formula is C19H29N3O3. The van der Waals surface area contributed by atoms with Gasteiger partial charge in [-0.2, -0.15) is 0 Å². The Hall–Kier alpha value is -2.24. The average molecular weight is 347 g/mol. The minimum Gasteiger partial charge on any atom is -0.494 e. The minimum atomic E-state index is -0.0747. The molecule has 1 atom stereocenters. The van der Waals surface area contributed by atoms with Crippen molar-refractivity contribution in [3.63, 3.8) is 0 Å². The number of carbonyl (C=O) groups is 2. The lowest BCUT2D eigenvalue weighted by molar-refractivity contribution is -0.126. The average Bonchev–Trinajstić information content (AvgIpc) is 2.61. The molecule has 0 saturated carbocycles. The van der Waals surface area contributed by atoms with Gasteiger partial charge in [0, 0.05) is 33.1 Å². The maximum atomic E-state index is 12.5. The topological polar surface area (TPSA) is 61.9 Å². The summed E-state index contributed by atoms with van der Waals surface area (Å²) in [4.78, 5) is 27.9. The van der Waals surface area contributed by atoms with Crippen LogP contribution in [-0.2, 0) is 4.79 Å². The molecule has 1 N–H and O–H groups in total. The zero-order chi connectivity index (χ0) is 18.4. The molecule has 0 spiro atoms. The van der Waals surface area contributed by atoms with Crippen LogP contribution >= 0.6 is 0 Å². The Balaban J connectivity index is 1.88. The van der Waals surface area contributed by atoms with Gasteiger partial charge in [-0.15, -0.1) is 0 Å². The van der Waals surface area contributed by atoms with Crippen molar-refractivity contribution in [1.29, 1.82) is 0 Å². The standard InChI is InChI=1S/C19H29N3O3/c1-5-25-17-8-6-7-16(13-17)14(2)20-18(23)15-9-11-22(12-10-15)19(24)21(3)4/h6-8,13-15H,5,9-12H2,1-4H3,(H,20,23)/t14-/m0/s1. The molecule has 138 valence electrons. The van der Waals surface area contributed by atoms with Crippen LogP contribution in [0.25, 0.3) is 0 Å². The second-order valence-electron chi connectivity index (χ2n) is 6.67. The summed E-state index contributed by atoms with van der Waals surface area (Å²) in [5.74, 6) is 0.839. The van der Waals surface area contributed by atoms with Gasteiger partial charge in [0.05, 0.1) is 12.6 Å². The van der Waals surface area contributed by atoms with Crippen LogP contribution in [0.4, 0.5) is 4.79 Å². The molecule has 0 unspecified atom stereocenters. The quantitative estimate of drug-likeness (QED) is 0.891. The molecule has 6 heteroatoms. The fourth-order valence-corrected chi connectivity index (χ4v) is 3.07. The van der Waals surface area contributed by atoms with Gasteiger partial charge in [0.1, 0.15) is 5.75 Å². The van der Waals surface area contributed by atoms with Crippen LogP contribution in [0.1, 0.15) is 38.3 Å². The monoisotopic (exact) mass is 347 g/mol. The first-order valence-electron chi connectivity index (χ1n) is 8.91. The predicted molar refractivity (Wildman–Crippen MR) is 97.5 cm³/mol. The van der Waals surface area contributed by atoms with Crippen molar-refractivity contribution in [3.8, 4) is 5.75 Å². The van der Waals surface area contributed by atoms with Gasteiger partial charge < -0.3 is 19.9 Å². The van der Waals surface area contributed by atoms with Gasteiger partial charge in [0.15, 0.2) is 0 Å². The molecule has 0 radical (unpaired) electrons. The molecule has 0 aliphatic carbocycles. The lowest BCUT2D eigenvalue weighted by Crippen LogP contribution is -2.46. The Kier molecular flexibility index (Phi) is 6.67. The number of hydrogen-bond acceptors (Lipinski definition) is 3. The van der Waals surface area contributed by atoms with Crippen molar-refractivity contribution in [1.82, 2.24) is 15.1 Å². The molecule has 3 amide bonds. The van der Waals surface area contributed by atoms with E-state index in [1.807, 2.05) is 38.1 Å². The van der Waals surface area contributed by atoms with E-state index in [9.17, 15) is 9.59 Å². The minimum absolute atomic E-state index is 0.0139. The van der Waals surface area contributed by atoms with Crippen molar-refractivity contribution in [3.05, 3.63) is 29.8 Å². The number of nitrogens with one attached hydrogen (secondary N) is 1. The first kappa shape index (κ1) is 19.1. The van der Waals surface area contributed by atoms with Crippen molar-refractivity contribution >= 4 is 11.9 Å². The molecular weight excluding hydrogens is 318 g/mol. The molecule has 1 heterocycles. The Morgan fingerprint density at radius 2 is 2.00 bits per heavy atom. The summed E-state index contributed by atoms with van der Waals surface area (Å²) >= 11 is 0. The van der Waals surface area contributed by atoms with E-state index in [0.717, 1.165) is 11.3 Å². The Morgan fingerprint density at radius 1 is 1.32 bits per heavy atom. The molecule has 1 aliphatic heterocycles. The summed E-state index contributed by atoms with van der Waals surface area (Å²) in [6.45, 7) is 5.81. The number of nitrogens with zero attached hydrogens (tertiary/aromatic N) is 2. The van der Waals surface area contributed by atoms with Crippen LogP contribution in [0, 0.1) is 5.92 Å². The van der Waals surface area contributed by atoms with Gasteiger partial charge in [0.2, 0.25) is 5.91 Å². The first-order valence-corrected chi connectivity index (χ1v) is 8.91. The molecule has 25 heavy (non-hydrogen) atoms. The molecule has 1 aromatic carbocycles. The van der Waals surface area contributed by atoms with E-state index >= 15 is 0 Å². The molecule has 6 nitrogen and oxygen atoms in total. The van der Waals surface area contributed by atoms with E-state index in [0.29, 0.717) is 32.5 Å². The van der Waals surface area contributed by atoms with Crippen LogP contribution in [-0.4, -0.2) is 55.5 Å². The van der Waals surface area contributed by atoms with Gasteiger partial charge in [-0.05, 0) is 44.4 Å². The maximum absolute atomic E-state index is 12.5. The number of rotatable bonds is 5. The summed E-state index contributed by atoms with van der Waals surface area (Å²) in [5, 5.41) is 3.09. The highest BCUT2D eigenvalue weighted by Gasteiger charge is 2.28. The van der Waals surface area contributed by atoms with Crippen LogP contribution in [0.5, 0.6) is 5.75 Å². The molecule has 1 fully saturated rings. The van der Waals surface area contributed by atoms with Gasteiger partial charge in [0.25, 0.3) is 0 Å². The summed E-state index contributed by atoms with van der Waals surface area (Å²) in [5.41, 5.74) is 1.03. The third-order valence-corrected chi connectivity index (χ3v) is 4.55. The predicted octanol–water partition coefficient (Wildman–Crippen LogP) is 2.66. The number of carbonyl (C=O) groups excluding carboxylic acids is 2. The van der Waals surface area contributed by atoms with Gasteiger partial charge in [-0.3, -0.25) is 4.79 Å². The van der Waals surface area contributed by atoms with Gasteiger partial charge >= 0.3 is 6.03 Å². The zero-order valence-corrected chi connectivity index (χ0v) is 15.6. The van der Waals surface area contributed by atoms with Crippen molar-refractivity contribution in [2.24, 2.45) is 5.92 Å². The van der Waals surface area contributed by atoms with Crippen LogP contribution in [0.15, 0.2) is 24.3 Å². The number of piperidine rings is 1. The largest absolute Gasteiger partial charge is 0.494 e. The molecule has 1 aromatic rings.